The van der Waals surface area contributed by atoms with Crippen LogP contribution >= 0.6 is 0 Å². The highest BCUT2D eigenvalue weighted by atomic mass is 16.2. The molecule has 0 radical (unpaired) electrons. The highest BCUT2D eigenvalue weighted by Crippen LogP contribution is 2.39. The molecule has 0 spiro atoms. The summed E-state index contributed by atoms with van der Waals surface area (Å²) in [6.45, 7) is 5.00. The van der Waals surface area contributed by atoms with Gasteiger partial charge in [-0.1, -0.05) is 42.5 Å². The van der Waals surface area contributed by atoms with Crippen LogP contribution in [0.3, 0.4) is 0 Å². The van der Waals surface area contributed by atoms with Crippen molar-refractivity contribution in [1.82, 2.24) is 9.47 Å². The van der Waals surface area contributed by atoms with Crippen LogP contribution in [0.5, 0.6) is 0 Å². The Bertz CT molecular complexity index is 992. The number of rotatable bonds is 5. The number of amides is 1. The number of carbonyl (C=O) groups is 1. The molecule has 2 aromatic carbocycles. The Labute approximate surface area is 173 Å². The summed E-state index contributed by atoms with van der Waals surface area (Å²) in [4.78, 5) is 16.0. The van der Waals surface area contributed by atoms with Crippen molar-refractivity contribution >= 4 is 11.6 Å². The predicted octanol–water partition coefficient (Wildman–Crippen LogP) is 5.16. The van der Waals surface area contributed by atoms with Crippen molar-refractivity contribution in [3.05, 3.63) is 89.2 Å². The maximum absolute atomic E-state index is 13.6. The fourth-order valence-corrected chi connectivity index (χ4v) is 4.44. The molecule has 2 heterocycles. The van der Waals surface area contributed by atoms with Gasteiger partial charge in [0.2, 0.25) is 5.91 Å². The quantitative estimate of drug-likeness (QED) is 0.657. The average molecular weight is 388 g/mol. The Morgan fingerprint density at radius 3 is 2.59 bits per heavy atom. The summed E-state index contributed by atoms with van der Waals surface area (Å²) >= 11 is 0. The number of nitrogens with zero attached hydrogens (tertiary/aromatic N) is 2. The maximum atomic E-state index is 13.6. The standard InChI is InChI=1S/C25H29N3O/c1-18-13-14-19(2)21(17-18)26-25(29)24(20-9-5-4-6-10-20)28-16-8-12-23(28)22-11-7-15-27(22)3/h4-7,9-11,13-15,17,23-24H,8,12,16H2,1-3H3,(H,26,29)/t23-,24-/m1/s1. The topological polar surface area (TPSA) is 37.3 Å². The molecule has 1 N–H and O–H groups in total. The van der Waals surface area contributed by atoms with Gasteiger partial charge in [-0.15, -0.1) is 0 Å². The second kappa shape index (κ2) is 8.26. The van der Waals surface area contributed by atoms with E-state index in [0.29, 0.717) is 0 Å². The summed E-state index contributed by atoms with van der Waals surface area (Å²) in [6, 6.07) is 20.5. The molecule has 150 valence electrons. The molecule has 1 aliphatic rings. The Morgan fingerprint density at radius 1 is 1.07 bits per heavy atom. The number of hydrogen-bond donors (Lipinski definition) is 1. The number of likely N-dealkylation sites (tertiary alicyclic amines) is 1. The van der Waals surface area contributed by atoms with Crippen molar-refractivity contribution < 1.29 is 4.79 Å². The summed E-state index contributed by atoms with van der Waals surface area (Å²) in [5, 5.41) is 3.22. The zero-order chi connectivity index (χ0) is 20.4. The van der Waals surface area contributed by atoms with Gasteiger partial charge in [0.1, 0.15) is 6.04 Å². The van der Waals surface area contributed by atoms with Crippen LogP contribution < -0.4 is 5.32 Å². The van der Waals surface area contributed by atoms with Crippen molar-refractivity contribution in [3.8, 4) is 0 Å². The van der Waals surface area contributed by atoms with Crippen LogP contribution in [0.2, 0.25) is 0 Å². The van der Waals surface area contributed by atoms with Crippen LogP contribution in [-0.2, 0) is 11.8 Å². The van der Waals surface area contributed by atoms with E-state index in [0.717, 1.165) is 41.8 Å². The largest absolute Gasteiger partial charge is 0.353 e. The first-order valence-electron chi connectivity index (χ1n) is 10.3. The van der Waals surface area contributed by atoms with E-state index in [9.17, 15) is 4.79 Å². The van der Waals surface area contributed by atoms with Crippen LogP contribution in [0.4, 0.5) is 5.69 Å². The zero-order valence-electron chi connectivity index (χ0n) is 17.4. The van der Waals surface area contributed by atoms with Gasteiger partial charge in [0.15, 0.2) is 0 Å². The fraction of sp³-hybridized carbons (Fsp3) is 0.320. The van der Waals surface area contributed by atoms with E-state index in [4.69, 9.17) is 0 Å². The summed E-state index contributed by atoms with van der Waals surface area (Å²) < 4.78 is 2.17. The summed E-state index contributed by atoms with van der Waals surface area (Å²) in [6.07, 6.45) is 4.24. The number of aryl methyl sites for hydroxylation is 3. The normalized spacial score (nSPS) is 18.0. The van der Waals surface area contributed by atoms with E-state index in [-0.39, 0.29) is 18.0 Å². The van der Waals surface area contributed by atoms with Crippen LogP contribution in [0.1, 0.15) is 47.3 Å². The molecule has 1 saturated heterocycles. The lowest BCUT2D eigenvalue weighted by Gasteiger charge is -2.33. The van der Waals surface area contributed by atoms with E-state index < -0.39 is 0 Å². The van der Waals surface area contributed by atoms with Crippen LogP contribution in [0.15, 0.2) is 66.9 Å². The molecule has 3 aromatic rings. The van der Waals surface area contributed by atoms with E-state index in [1.165, 1.54) is 5.69 Å². The molecule has 4 rings (SSSR count). The fourth-order valence-electron chi connectivity index (χ4n) is 4.44. The van der Waals surface area contributed by atoms with Gasteiger partial charge in [-0.3, -0.25) is 9.69 Å². The Morgan fingerprint density at radius 2 is 1.86 bits per heavy atom. The first-order chi connectivity index (χ1) is 14.0. The average Bonchev–Trinajstić information content (AvgIpc) is 3.34. The van der Waals surface area contributed by atoms with Crippen molar-refractivity contribution in [1.29, 1.82) is 0 Å². The molecule has 4 heteroatoms. The van der Waals surface area contributed by atoms with Crippen molar-refractivity contribution in [3.63, 3.8) is 0 Å². The molecular formula is C25H29N3O. The number of anilines is 1. The molecule has 29 heavy (non-hydrogen) atoms. The SMILES string of the molecule is Cc1ccc(C)c(NC(=O)[C@@H](c2ccccc2)N2CCC[C@@H]2c2cccn2C)c1. The van der Waals surface area contributed by atoms with E-state index >= 15 is 0 Å². The third-order valence-corrected chi connectivity index (χ3v) is 5.97. The number of nitrogens with one attached hydrogen (secondary N) is 1. The number of benzene rings is 2. The second-order valence-electron chi connectivity index (χ2n) is 8.06. The summed E-state index contributed by atoms with van der Waals surface area (Å²) in [7, 11) is 2.08. The summed E-state index contributed by atoms with van der Waals surface area (Å²) in [5.74, 6) is 0.0333. The van der Waals surface area contributed by atoms with Gasteiger partial charge in [0.25, 0.3) is 0 Å². The Kier molecular flexibility index (Phi) is 5.54. The number of carbonyl (C=O) groups excluding carboxylic acids is 1. The Balaban J connectivity index is 1.69. The van der Waals surface area contributed by atoms with Crippen LogP contribution in [0, 0.1) is 13.8 Å². The van der Waals surface area contributed by atoms with Gasteiger partial charge in [-0.2, -0.15) is 0 Å². The second-order valence-corrected chi connectivity index (χ2v) is 8.06. The first-order valence-corrected chi connectivity index (χ1v) is 10.3. The molecule has 1 aliphatic heterocycles. The predicted molar refractivity (Wildman–Crippen MR) is 118 cm³/mol. The van der Waals surface area contributed by atoms with E-state index in [2.05, 4.69) is 71.4 Å². The zero-order valence-corrected chi connectivity index (χ0v) is 17.4. The van der Waals surface area contributed by atoms with Gasteiger partial charge < -0.3 is 9.88 Å². The molecule has 2 atom stereocenters. The van der Waals surface area contributed by atoms with E-state index in [1.807, 2.05) is 31.2 Å². The van der Waals surface area contributed by atoms with Crippen molar-refractivity contribution in [2.75, 3.05) is 11.9 Å². The minimum atomic E-state index is -0.321. The molecular weight excluding hydrogens is 358 g/mol. The number of aromatic nitrogens is 1. The van der Waals surface area contributed by atoms with Crippen LogP contribution in [-0.4, -0.2) is 21.9 Å². The third kappa shape index (κ3) is 3.99. The smallest absolute Gasteiger partial charge is 0.246 e. The van der Waals surface area contributed by atoms with E-state index in [1.54, 1.807) is 0 Å². The lowest BCUT2D eigenvalue weighted by molar-refractivity contribution is -0.122. The Hall–Kier alpha value is -2.85. The van der Waals surface area contributed by atoms with Gasteiger partial charge >= 0.3 is 0 Å². The number of hydrogen-bond acceptors (Lipinski definition) is 2. The van der Waals surface area contributed by atoms with Gasteiger partial charge in [0, 0.05) is 24.6 Å². The van der Waals surface area contributed by atoms with Crippen molar-refractivity contribution in [2.45, 2.75) is 38.8 Å². The van der Waals surface area contributed by atoms with Gasteiger partial charge in [-0.05, 0) is 68.1 Å². The van der Waals surface area contributed by atoms with Gasteiger partial charge in [-0.25, -0.2) is 0 Å². The molecule has 1 aromatic heterocycles. The minimum Gasteiger partial charge on any atom is -0.353 e. The van der Waals surface area contributed by atoms with Crippen molar-refractivity contribution in [2.24, 2.45) is 7.05 Å². The molecule has 0 saturated carbocycles. The molecule has 1 amide bonds. The van der Waals surface area contributed by atoms with Gasteiger partial charge in [0.05, 0.1) is 6.04 Å². The summed E-state index contributed by atoms with van der Waals surface area (Å²) in [5.41, 5.74) is 5.42. The highest BCUT2D eigenvalue weighted by Gasteiger charge is 2.37. The maximum Gasteiger partial charge on any atom is 0.246 e. The lowest BCUT2D eigenvalue weighted by Crippen LogP contribution is -2.37. The molecule has 0 bridgehead atoms. The molecule has 0 aliphatic carbocycles. The molecule has 1 fully saturated rings. The van der Waals surface area contributed by atoms with Crippen LogP contribution in [0.25, 0.3) is 0 Å². The highest BCUT2D eigenvalue weighted by molar-refractivity contribution is 5.96. The molecule has 0 unspecified atom stereocenters. The third-order valence-electron chi connectivity index (χ3n) is 5.97. The lowest BCUT2D eigenvalue weighted by atomic mass is 10.0. The molecule has 4 nitrogen and oxygen atoms in total. The monoisotopic (exact) mass is 387 g/mol. The first kappa shape index (κ1) is 19.5. The minimum absolute atomic E-state index is 0.0333.